The summed E-state index contributed by atoms with van der Waals surface area (Å²) in [6.45, 7) is 3.71. The first-order valence-corrected chi connectivity index (χ1v) is 8.83. The van der Waals surface area contributed by atoms with E-state index in [0.29, 0.717) is 36.2 Å². The second kappa shape index (κ2) is 6.70. The first-order chi connectivity index (χ1) is 12.7. The number of likely N-dealkylation sites (tertiary alicyclic amines) is 1. The van der Waals surface area contributed by atoms with Crippen molar-refractivity contribution in [2.24, 2.45) is 0 Å². The maximum atomic E-state index is 13.1. The summed E-state index contributed by atoms with van der Waals surface area (Å²) < 4.78 is 1.64. The van der Waals surface area contributed by atoms with Crippen LogP contribution in [-0.2, 0) is 6.54 Å². The molecule has 0 radical (unpaired) electrons. The summed E-state index contributed by atoms with van der Waals surface area (Å²) in [5, 5.41) is 6.71. The molecular weight excluding hydrogens is 332 g/mol. The molecule has 3 aromatic rings. The molecule has 1 atom stereocenters. The van der Waals surface area contributed by atoms with Gasteiger partial charge in [0.1, 0.15) is 11.3 Å². The van der Waals surface area contributed by atoms with Gasteiger partial charge < -0.3 is 4.90 Å². The lowest BCUT2D eigenvalue weighted by Crippen LogP contribution is -2.40. The topological polar surface area (TPSA) is 96.8 Å². The normalized spacial score (nSPS) is 17.6. The number of amides is 1. The van der Waals surface area contributed by atoms with Crippen LogP contribution in [0.25, 0.3) is 11.0 Å². The highest BCUT2D eigenvalue weighted by molar-refractivity contribution is 6.04. The van der Waals surface area contributed by atoms with E-state index >= 15 is 0 Å². The number of hydrogen-bond acceptors (Lipinski definition) is 5. The molecule has 0 saturated carbocycles. The van der Waals surface area contributed by atoms with Crippen molar-refractivity contribution in [3.8, 4) is 0 Å². The van der Waals surface area contributed by atoms with Gasteiger partial charge in [-0.1, -0.05) is 6.07 Å². The largest absolute Gasteiger partial charge is 0.343 e. The van der Waals surface area contributed by atoms with E-state index < -0.39 is 0 Å². The Labute approximate surface area is 149 Å². The Morgan fingerprint density at radius 2 is 2.15 bits per heavy atom. The fourth-order valence-electron chi connectivity index (χ4n) is 3.66. The monoisotopic (exact) mass is 352 g/mol. The molecule has 8 heteroatoms. The molecule has 1 amide bonds. The third-order valence-electron chi connectivity index (χ3n) is 4.91. The van der Waals surface area contributed by atoms with E-state index in [1.807, 2.05) is 24.0 Å². The summed E-state index contributed by atoms with van der Waals surface area (Å²) in [6, 6.07) is 5.47. The van der Waals surface area contributed by atoms with Crippen molar-refractivity contribution in [1.82, 2.24) is 29.6 Å². The van der Waals surface area contributed by atoms with E-state index in [2.05, 4.69) is 20.2 Å². The van der Waals surface area contributed by atoms with Gasteiger partial charge in [0.05, 0.1) is 11.1 Å². The van der Waals surface area contributed by atoms with Gasteiger partial charge in [-0.3, -0.25) is 19.3 Å². The van der Waals surface area contributed by atoms with Gasteiger partial charge in [0.25, 0.3) is 5.91 Å². The van der Waals surface area contributed by atoms with E-state index in [1.54, 1.807) is 23.0 Å². The highest BCUT2D eigenvalue weighted by atomic mass is 16.2. The van der Waals surface area contributed by atoms with Crippen LogP contribution in [-0.4, -0.2) is 48.6 Å². The fraction of sp³-hybridized carbons (Fsp3) is 0.389. The molecule has 8 nitrogen and oxygen atoms in total. The van der Waals surface area contributed by atoms with Gasteiger partial charge >= 0.3 is 5.69 Å². The number of aromatic amines is 1. The fourth-order valence-corrected chi connectivity index (χ4v) is 3.66. The van der Waals surface area contributed by atoms with E-state index in [-0.39, 0.29) is 17.5 Å². The SMILES string of the molecule is CCn1c(C2CCCN(C(=O)c3cccc4nccnc34)C2)n[nH]c1=O. The van der Waals surface area contributed by atoms with Crippen LogP contribution in [0.15, 0.2) is 35.4 Å². The number of nitrogens with one attached hydrogen (secondary N) is 1. The first kappa shape index (κ1) is 16.4. The van der Waals surface area contributed by atoms with Gasteiger partial charge in [-0.05, 0) is 31.9 Å². The number of rotatable bonds is 3. The maximum absolute atomic E-state index is 13.1. The van der Waals surface area contributed by atoms with Crippen LogP contribution in [0, 0.1) is 0 Å². The summed E-state index contributed by atoms with van der Waals surface area (Å²) >= 11 is 0. The van der Waals surface area contributed by atoms with Gasteiger partial charge in [-0.2, -0.15) is 5.10 Å². The van der Waals surface area contributed by atoms with Crippen molar-refractivity contribution in [3.05, 3.63) is 52.5 Å². The predicted octanol–water partition coefficient (Wildman–Crippen LogP) is 1.55. The van der Waals surface area contributed by atoms with Crippen LogP contribution in [0.2, 0.25) is 0 Å². The third kappa shape index (κ3) is 2.77. The Morgan fingerprint density at radius 3 is 3.00 bits per heavy atom. The van der Waals surface area contributed by atoms with Crippen molar-refractivity contribution in [2.45, 2.75) is 32.2 Å². The van der Waals surface area contributed by atoms with Gasteiger partial charge in [0.2, 0.25) is 0 Å². The first-order valence-electron chi connectivity index (χ1n) is 8.83. The number of aromatic nitrogens is 5. The molecule has 0 spiro atoms. The van der Waals surface area contributed by atoms with Crippen LogP contribution in [0.3, 0.4) is 0 Å². The average molecular weight is 352 g/mol. The zero-order chi connectivity index (χ0) is 18.1. The minimum Gasteiger partial charge on any atom is -0.338 e. The molecule has 26 heavy (non-hydrogen) atoms. The number of fused-ring (bicyclic) bond motifs is 1. The van der Waals surface area contributed by atoms with Crippen LogP contribution in [0.5, 0.6) is 0 Å². The van der Waals surface area contributed by atoms with Crippen LogP contribution in [0.4, 0.5) is 0 Å². The Morgan fingerprint density at radius 1 is 1.31 bits per heavy atom. The molecule has 134 valence electrons. The molecule has 1 saturated heterocycles. The molecule has 0 aliphatic carbocycles. The number of para-hydroxylation sites is 1. The van der Waals surface area contributed by atoms with E-state index in [0.717, 1.165) is 18.7 Å². The van der Waals surface area contributed by atoms with Crippen LogP contribution < -0.4 is 5.69 Å². The number of nitrogens with zero attached hydrogens (tertiary/aromatic N) is 5. The Hall–Kier alpha value is -3.03. The minimum atomic E-state index is -0.199. The summed E-state index contributed by atoms with van der Waals surface area (Å²) in [4.78, 5) is 35.4. The Kier molecular flexibility index (Phi) is 4.24. The standard InChI is InChI=1S/C18H20N6O2/c1-2-24-16(21-22-18(24)26)12-5-4-10-23(11-12)17(25)13-6-3-7-14-15(13)20-9-8-19-14/h3,6-9,12H,2,4-5,10-11H2,1H3,(H,22,26). The van der Waals surface area contributed by atoms with E-state index in [4.69, 9.17) is 0 Å². The highest BCUT2D eigenvalue weighted by Gasteiger charge is 2.29. The van der Waals surface area contributed by atoms with Crippen LogP contribution >= 0.6 is 0 Å². The zero-order valence-electron chi connectivity index (χ0n) is 14.6. The lowest BCUT2D eigenvalue weighted by molar-refractivity contribution is 0.0705. The lowest BCUT2D eigenvalue weighted by Gasteiger charge is -2.32. The zero-order valence-corrected chi connectivity index (χ0v) is 14.6. The molecule has 3 heterocycles. The van der Waals surface area contributed by atoms with Crippen molar-refractivity contribution < 1.29 is 4.79 Å². The quantitative estimate of drug-likeness (QED) is 0.771. The molecule has 1 aromatic carbocycles. The van der Waals surface area contributed by atoms with E-state index in [9.17, 15) is 9.59 Å². The van der Waals surface area contributed by atoms with Crippen molar-refractivity contribution >= 4 is 16.9 Å². The third-order valence-corrected chi connectivity index (χ3v) is 4.91. The second-order valence-electron chi connectivity index (χ2n) is 6.45. The minimum absolute atomic E-state index is 0.0488. The molecule has 1 aliphatic rings. The van der Waals surface area contributed by atoms with Crippen molar-refractivity contribution in [1.29, 1.82) is 0 Å². The summed E-state index contributed by atoms with van der Waals surface area (Å²) in [5.41, 5.74) is 1.69. The molecule has 1 N–H and O–H groups in total. The van der Waals surface area contributed by atoms with Crippen molar-refractivity contribution in [2.75, 3.05) is 13.1 Å². The number of hydrogen-bond donors (Lipinski definition) is 1. The lowest BCUT2D eigenvalue weighted by atomic mass is 9.96. The summed E-state index contributed by atoms with van der Waals surface area (Å²) in [5.74, 6) is 0.724. The number of carbonyl (C=O) groups is 1. The van der Waals surface area contributed by atoms with Gasteiger partial charge in [-0.25, -0.2) is 9.89 Å². The highest BCUT2D eigenvalue weighted by Crippen LogP contribution is 2.27. The smallest absolute Gasteiger partial charge is 0.338 e. The van der Waals surface area contributed by atoms with Crippen LogP contribution in [0.1, 0.15) is 41.9 Å². The summed E-state index contributed by atoms with van der Waals surface area (Å²) in [6.07, 6.45) is 5.00. The predicted molar refractivity (Wildman–Crippen MR) is 95.9 cm³/mol. The number of H-pyrrole nitrogens is 1. The molecule has 4 rings (SSSR count). The average Bonchev–Trinajstić information content (AvgIpc) is 3.07. The molecule has 2 aromatic heterocycles. The molecule has 1 fully saturated rings. The number of piperidine rings is 1. The van der Waals surface area contributed by atoms with Gasteiger partial charge in [-0.15, -0.1) is 0 Å². The molecule has 0 bridgehead atoms. The molecule has 1 aliphatic heterocycles. The van der Waals surface area contributed by atoms with Gasteiger partial charge in [0.15, 0.2) is 0 Å². The summed E-state index contributed by atoms with van der Waals surface area (Å²) in [7, 11) is 0. The van der Waals surface area contributed by atoms with Gasteiger partial charge in [0, 0.05) is 37.9 Å². The Balaban J connectivity index is 1.63. The Bertz CT molecular complexity index is 1000. The van der Waals surface area contributed by atoms with Crippen molar-refractivity contribution in [3.63, 3.8) is 0 Å². The number of benzene rings is 1. The number of carbonyl (C=O) groups excluding carboxylic acids is 1. The van der Waals surface area contributed by atoms with E-state index in [1.165, 1.54) is 0 Å². The molecule has 1 unspecified atom stereocenters. The molecular formula is C18H20N6O2. The second-order valence-corrected chi connectivity index (χ2v) is 6.45. The maximum Gasteiger partial charge on any atom is 0.343 e.